The maximum absolute atomic E-state index is 13.5. The van der Waals surface area contributed by atoms with E-state index in [1.54, 1.807) is 17.5 Å². The molecule has 1 aliphatic carbocycles. The van der Waals surface area contributed by atoms with E-state index < -0.39 is 10.0 Å². The third kappa shape index (κ3) is 3.28. The van der Waals surface area contributed by atoms with Crippen molar-refractivity contribution in [1.29, 1.82) is 0 Å². The molecular formula is C26H29N3O3S. The van der Waals surface area contributed by atoms with E-state index in [0.717, 1.165) is 36.4 Å². The standard InChI is InChI=1S/C26H29N3O3S/c1-32-21-9-11-24-23(18-21)27-26(25-7-4-14-29(24)25)12-15-28(16-13-26)33(30,31)22-10-8-19-5-2-3-6-20(19)17-22/h4,7-11,14,17-18,27H,2-3,5-6,12-13,15-16H2,1H3. The van der Waals surface area contributed by atoms with Gasteiger partial charge < -0.3 is 14.6 Å². The summed E-state index contributed by atoms with van der Waals surface area (Å²) in [5.74, 6) is 0.805. The number of nitrogens with zero attached hydrogens (tertiary/aromatic N) is 2. The lowest BCUT2D eigenvalue weighted by atomic mass is 9.83. The van der Waals surface area contributed by atoms with Crippen molar-refractivity contribution in [2.45, 2.75) is 49.0 Å². The molecule has 1 N–H and O–H groups in total. The molecule has 0 amide bonds. The Morgan fingerprint density at radius 2 is 1.76 bits per heavy atom. The first-order valence-corrected chi connectivity index (χ1v) is 13.2. The van der Waals surface area contributed by atoms with Crippen LogP contribution in [-0.2, 0) is 28.4 Å². The summed E-state index contributed by atoms with van der Waals surface area (Å²) in [7, 11) is -1.84. The number of piperidine rings is 1. The van der Waals surface area contributed by atoms with Crippen molar-refractivity contribution in [3.05, 3.63) is 71.5 Å². The van der Waals surface area contributed by atoms with Crippen LogP contribution in [0.4, 0.5) is 5.69 Å². The van der Waals surface area contributed by atoms with Gasteiger partial charge in [-0.2, -0.15) is 4.31 Å². The molecule has 7 heteroatoms. The molecule has 1 spiro atoms. The lowest BCUT2D eigenvalue weighted by Crippen LogP contribution is -2.51. The van der Waals surface area contributed by atoms with Crippen LogP contribution in [-0.4, -0.2) is 37.5 Å². The first-order chi connectivity index (χ1) is 16.0. The number of aryl methyl sites for hydroxylation is 2. The van der Waals surface area contributed by atoms with Crippen LogP contribution < -0.4 is 10.1 Å². The van der Waals surface area contributed by atoms with E-state index in [4.69, 9.17) is 4.74 Å². The van der Waals surface area contributed by atoms with Gasteiger partial charge in [-0.15, -0.1) is 0 Å². The van der Waals surface area contributed by atoms with Gasteiger partial charge in [0.1, 0.15) is 5.75 Å². The molecule has 0 unspecified atom stereocenters. The Morgan fingerprint density at radius 3 is 2.55 bits per heavy atom. The average Bonchev–Trinajstić information content (AvgIpc) is 3.35. The van der Waals surface area contributed by atoms with E-state index in [0.29, 0.717) is 30.8 Å². The second-order valence-corrected chi connectivity index (χ2v) is 11.3. The van der Waals surface area contributed by atoms with Crippen molar-refractivity contribution in [3.63, 3.8) is 0 Å². The molecule has 6 rings (SSSR count). The molecule has 0 atom stereocenters. The molecule has 3 heterocycles. The van der Waals surface area contributed by atoms with Crippen LogP contribution >= 0.6 is 0 Å². The normalized spacial score (nSPS) is 19.3. The molecule has 3 aliphatic rings. The zero-order chi connectivity index (χ0) is 22.6. The Labute approximate surface area is 195 Å². The lowest BCUT2D eigenvalue weighted by Gasteiger charge is -2.46. The fourth-order valence-corrected chi connectivity index (χ4v) is 7.26. The van der Waals surface area contributed by atoms with E-state index >= 15 is 0 Å². The van der Waals surface area contributed by atoms with Gasteiger partial charge in [-0.05, 0) is 86.1 Å². The van der Waals surface area contributed by atoms with Gasteiger partial charge in [-0.3, -0.25) is 0 Å². The molecule has 6 nitrogen and oxygen atoms in total. The molecule has 2 aromatic carbocycles. The molecule has 0 saturated carbocycles. The summed E-state index contributed by atoms with van der Waals surface area (Å²) in [6.07, 6.45) is 7.86. The maximum Gasteiger partial charge on any atom is 0.243 e. The molecule has 3 aromatic rings. The number of methoxy groups -OCH3 is 1. The van der Waals surface area contributed by atoms with Crippen LogP contribution in [0.1, 0.15) is 42.5 Å². The van der Waals surface area contributed by atoms with Crippen LogP contribution in [0, 0.1) is 0 Å². The average molecular weight is 464 g/mol. The van der Waals surface area contributed by atoms with Gasteiger partial charge in [0.2, 0.25) is 10.0 Å². The number of benzene rings is 2. The van der Waals surface area contributed by atoms with Crippen molar-refractivity contribution in [2.75, 3.05) is 25.5 Å². The van der Waals surface area contributed by atoms with Crippen molar-refractivity contribution >= 4 is 15.7 Å². The fraction of sp³-hybridized carbons (Fsp3) is 0.385. The SMILES string of the molecule is COc1ccc2c(c1)NC1(CCN(S(=O)(=O)c3ccc4c(c3)CCCC4)CC1)c1cccn1-2. The highest BCUT2D eigenvalue weighted by atomic mass is 32.2. The minimum absolute atomic E-state index is 0.301. The highest BCUT2D eigenvalue weighted by Gasteiger charge is 2.44. The summed E-state index contributed by atoms with van der Waals surface area (Å²) in [5.41, 5.74) is 5.50. The monoisotopic (exact) mass is 463 g/mol. The van der Waals surface area contributed by atoms with Crippen LogP contribution in [0.15, 0.2) is 59.6 Å². The third-order valence-electron chi connectivity index (χ3n) is 7.61. The predicted molar refractivity (Wildman–Crippen MR) is 129 cm³/mol. The van der Waals surface area contributed by atoms with Crippen molar-refractivity contribution in [1.82, 2.24) is 8.87 Å². The summed E-state index contributed by atoms with van der Waals surface area (Å²) >= 11 is 0. The first-order valence-electron chi connectivity index (χ1n) is 11.8. The molecule has 1 aromatic heterocycles. The van der Waals surface area contributed by atoms with Gasteiger partial charge in [0, 0.05) is 31.0 Å². The molecule has 33 heavy (non-hydrogen) atoms. The summed E-state index contributed by atoms with van der Waals surface area (Å²) < 4.78 is 36.3. The Balaban J connectivity index is 1.28. The molecule has 1 saturated heterocycles. The van der Waals surface area contributed by atoms with E-state index in [1.165, 1.54) is 23.2 Å². The number of hydrogen-bond donors (Lipinski definition) is 1. The summed E-state index contributed by atoms with van der Waals surface area (Å²) in [6, 6.07) is 16.0. The quantitative estimate of drug-likeness (QED) is 0.623. The highest BCUT2D eigenvalue weighted by Crippen LogP contribution is 2.45. The van der Waals surface area contributed by atoms with Gasteiger partial charge in [-0.25, -0.2) is 8.42 Å². The Hall–Kier alpha value is -2.77. The smallest absolute Gasteiger partial charge is 0.243 e. The minimum atomic E-state index is -3.51. The van der Waals surface area contributed by atoms with Gasteiger partial charge in [0.15, 0.2) is 0 Å². The van der Waals surface area contributed by atoms with Crippen molar-refractivity contribution < 1.29 is 13.2 Å². The van der Waals surface area contributed by atoms with Crippen LogP contribution in [0.3, 0.4) is 0 Å². The topological polar surface area (TPSA) is 63.6 Å². The predicted octanol–water partition coefficient (Wildman–Crippen LogP) is 4.47. The lowest BCUT2D eigenvalue weighted by molar-refractivity contribution is 0.247. The van der Waals surface area contributed by atoms with Crippen molar-refractivity contribution in [2.24, 2.45) is 0 Å². The van der Waals surface area contributed by atoms with Crippen molar-refractivity contribution in [3.8, 4) is 11.4 Å². The molecule has 0 bridgehead atoms. The number of aromatic nitrogens is 1. The zero-order valence-corrected chi connectivity index (χ0v) is 19.7. The van der Waals surface area contributed by atoms with E-state index in [9.17, 15) is 8.42 Å². The Bertz CT molecular complexity index is 1320. The number of nitrogens with one attached hydrogen (secondary N) is 1. The zero-order valence-electron chi connectivity index (χ0n) is 18.9. The number of rotatable bonds is 3. The first kappa shape index (κ1) is 20.8. The van der Waals surface area contributed by atoms with E-state index in [2.05, 4.69) is 34.3 Å². The van der Waals surface area contributed by atoms with Crippen LogP contribution in [0.2, 0.25) is 0 Å². The number of sulfonamides is 1. The van der Waals surface area contributed by atoms with Gasteiger partial charge in [0.05, 0.1) is 28.9 Å². The second-order valence-electron chi connectivity index (χ2n) is 9.40. The number of ether oxygens (including phenoxy) is 1. The number of anilines is 1. The molecule has 172 valence electrons. The third-order valence-corrected chi connectivity index (χ3v) is 9.50. The fourth-order valence-electron chi connectivity index (χ4n) is 5.76. The minimum Gasteiger partial charge on any atom is -0.497 e. The molecule has 1 fully saturated rings. The van der Waals surface area contributed by atoms with Gasteiger partial charge in [0.25, 0.3) is 0 Å². The second kappa shape index (κ2) is 7.64. The van der Waals surface area contributed by atoms with Crippen LogP contribution in [0.25, 0.3) is 5.69 Å². The Morgan fingerprint density at radius 1 is 0.970 bits per heavy atom. The van der Waals surface area contributed by atoms with E-state index in [1.807, 2.05) is 24.3 Å². The number of fused-ring (bicyclic) bond motifs is 5. The molecular weight excluding hydrogens is 434 g/mol. The summed E-state index contributed by atoms with van der Waals surface area (Å²) in [4.78, 5) is 0.439. The molecule has 2 aliphatic heterocycles. The number of hydrogen-bond acceptors (Lipinski definition) is 4. The van der Waals surface area contributed by atoms with E-state index in [-0.39, 0.29) is 5.54 Å². The maximum atomic E-state index is 13.5. The molecule has 0 radical (unpaired) electrons. The van der Waals surface area contributed by atoms with Gasteiger partial charge >= 0.3 is 0 Å². The Kier molecular flexibility index (Phi) is 4.82. The summed E-state index contributed by atoms with van der Waals surface area (Å²) in [6.45, 7) is 0.966. The van der Waals surface area contributed by atoms with Crippen LogP contribution in [0.5, 0.6) is 5.75 Å². The van der Waals surface area contributed by atoms with Gasteiger partial charge in [-0.1, -0.05) is 6.07 Å². The highest BCUT2D eigenvalue weighted by molar-refractivity contribution is 7.89. The summed E-state index contributed by atoms with van der Waals surface area (Å²) in [5, 5.41) is 3.76. The largest absolute Gasteiger partial charge is 0.497 e.